The summed E-state index contributed by atoms with van der Waals surface area (Å²) in [6.45, 7) is 3.56. The predicted molar refractivity (Wildman–Crippen MR) is 63.2 cm³/mol. The number of likely N-dealkylation sites (tertiary alicyclic amines) is 1. The first-order valence-electron chi connectivity index (χ1n) is 5.74. The van der Waals surface area contributed by atoms with Gasteiger partial charge in [0.05, 0.1) is 12.8 Å². The monoisotopic (exact) mass is 221 g/mol. The van der Waals surface area contributed by atoms with E-state index in [4.69, 9.17) is 10.5 Å². The van der Waals surface area contributed by atoms with E-state index < -0.39 is 0 Å². The van der Waals surface area contributed by atoms with E-state index >= 15 is 0 Å². The molecule has 1 aromatic rings. The van der Waals surface area contributed by atoms with Crippen molar-refractivity contribution in [2.75, 3.05) is 26.7 Å². The van der Waals surface area contributed by atoms with Gasteiger partial charge in [-0.25, -0.2) is 0 Å². The van der Waals surface area contributed by atoms with Crippen molar-refractivity contribution in [3.8, 4) is 5.75 Å². The zero-order valence-electron chi connectivity index (χ0n) is 9.72. The molecule has 0 unspecified atom stereocenters. The molecule has 16 heavy (non-hydrogen) atoms. The number of rotatable bonds is 4. The van der Waals surface area contributed by atoms with Crippen LogP contribution in [0.5, 0.6) is 5.75 Å². The molecule has 2 heterocycles. The lowest BCUT2D eigenvalue weighted by atomic mass is 10.1. The van der Waals surface area contributed by atoms with Gasteiger partial charge in [-0.05, 0) is 26.1 Å². The summed E-state index contributed by atoms with van der Waals surface area (Å²) in [6, 6.07) is 1.91. The Morgan fingerprint density at radius 1 is 1.62 bits per heavy atom. The van der Waals surface area contributed by atoms with Gasteiger partial charge in [-0.2, -0.15) is 0 Å². The van der Waals surface area contributed by atoms with E-state index in [1.165, 1.54) is 13.0 Å². The largest absolute Gasteiger partial charge is 0.491 e. The molecular formula is C12H19N3O. The second kappa shape index (κ2) is 5.27. The molecule has 1 aliphatic heterocycles. The van der Waals surface area contributed by atoms with E-state index in [-0.39, 0.29) is 0 Å². The average molecular weight is 221 g/mol. The molecule has 2 rings (SSSR count). The van der Waals surface area contributed by atoms with Crippen molar-refractivity contribution in [1.29, 1.82) is 0 Å². The SMILES string of the molecule is CN1CC[C@@H](COc2cnccc2CN)C1. The number of hydrogen-bond acceptors (Lipinski definition) is 4. The maximum atomic E-state index is 5.79. The zero-order chi connectivity index (χ0) is 11.4. The molecule has 1 aliphatic rings. The van der Waals surface area contributed by atoms with Gasteiger partial charge in [-0.15, -0.1) is 0 Å². The molecule has 4 nitrogen and oxygen atoms in total. The minimum atomic E-state index is 0.502. The third-order valence-corrected chi connectivity index (χ3v) is 3.05. The van der Waals surface area contributed by atoms with Gasteiger partial charge in [0.25, 0.3) is 0 Å². The first-order chi connectivity index (χ1) is 7.79. The van der Waals surface area contributed by atoms with Crippen LogP contribution in [0.3, 0.4) is 0 Å². The Labute approximate surface area is 96.4 Å². The molecule has 0 amide bonds. The minimum Gasteiger partial charge on any atom is -0.491 e. The van der Waals surface area contributed by atoms with Gasteiger partial charge < -0.3 is 15.4 Å². The van der Waals surface area contributed by atoms with Gasteiger partial charge in [0, 0.05) is 30.8 Å². The number of nitrogens with two attached hydrogens (primary N) is 1. The van der Waals surface area contributed by atoms with Crippen LogP contribution in [0.4, 0.5) is 0 Å². The van der Waals surface area contributed by atoms with Crippen LogP contribution in [0.25, 0.3) is 0 Å². The third-order valence-electron chi connectivity index (χ3n) is 3.05. The number of ether oxygens (including phenoxy) is 1. The molecule has 2 N–H and O–H groups in total. The van der Waals surface area contributed by atoms with Crippen molar-refractivity contribution >= 4 is 0 Å². The number of aromatic nitrogens is 1. The van der Waals surface area contributed by atoms with Crippen molar-refractivity contribution in [3.05, 3.63) is 24.0 Å². The van der Waals surface area contributed by atoms with Crippen LogP contribution >= 0.6 is 0 Å². The van der Waals surface area contributed by atoms with Crippen LogP contribution in [-0.4, -0.2) is 36.6 Å². The average Bonchev–Trinajstić information content (AvgIpc) is 2.73. The van der Waals surface area contributed by atoms with Crippen LogP contribution in [0.1, 0.15) is 12.0 Å². The molecule has 88 valence electrons. The first-order valence-corrected chi connectivity index (χ1v) is 5.74. The van der Waals surface area contributed by atoms with Gasteiger partial charge in [0.2, 0.25) is 0 Å². The Balaban J connectivity index is 1.89. The molecule has 0 aliphatic carbocycles. The Morgan fingerprint density at radius 3 is 3.19 bits per heavy atom. The normalized spacial score (nSPS) is 21.2. The third kappa shape index (κ3) is 2.71. The van der Waals surface area contributed by atoms with Gasteiger partial charge in [0.1, 0.15) is 5.75 Å². The van der Waals surface area contributed by atoms with E-state index in [9.17, 15) is 0 Å². The number of hydrogen-bond donors (Lipinski definition) is 1. The van der Waals surface area contributed by atoms with Crippen molar-refractivity contribution in [3.63, 3.8) is 0 Å². The van der Waals surface area contributed by atoms with Gasteiger partial charge in [-0.1, -0.05) is 0 Å². The van der Waals surface area contributed by atoms with Gasteiger partial charge in [0.15, 0.2) is 0 Å². The maximum absolute atomic E-state index is 5.79. The molecule has 1 atom stereocenters. The highest BCUT2D eigenvalue weighted by Gasteiger charge is 2.20. The maximum Gasteiger partial charge on any atom is 0.142 e. The quantitative estimate of drug-likeness (QED) is 0.819. The fourth-order valence-electron chi connectivity index (χ4n) is 2.08. The van der Waals surface area contributed by atoms with E-state index in [1.54, 1.807) is 12.4 Å². The molecule has 0 saturated carbocycles. The highest BCUT2D eigenvalue weighted by molar-refractivity contribution is 5.29. The number of pyridine rings is 1. The van der Waals surface area contributed by atoms with E-state index in [1.807, 2.05) is 6.07 Å². The summed E-state index contributed by atoms with van der Waals surface area (Å²) in [6.07, 6.45) is 4.72. The van der Waals surface area contributed by atoms with Crippen molar-refractivity contribution in [2.24, 2.45) is 11.7 Å². The lowest BCUT2D eigenvalue weighted by Crippen LogP contribution is -2.18. The molecule has 0 radical (unpaired) electrons. The summed E-state index contributed by atoms with van der Waals surface area (Å²) in [5, 5.41) is 0. The molecule has 1 saturated heterocycles. The zero-order valence-corrected chi connectivity index (χ0v) is 9.72. The Bertz CT molecular complexity index is 343. The second-order valence-electron chi connectivity index (χ2n) is 4.42. The van der Waals surface area contributed by atoms with Gasteiger partial charge in [-0.3, -0.25) is 4.98 Å². The summed E-state index contributed by atoms with van der Waals surface area (Å²) in [5.74, 6) is 1.47. The smallest absolute Gasteiger partial charge is 0.142 e. The molecule has 1 aromatic heterocycles. The van der Waals surface area contributed by atoms with Crippen LogP contribution in [0.15, 0.2) is 18.5 Å². The lowest BCUT2D eigenvalue weighted by Gasteiger charge is -2.13. The molecule has 0 spiro atoms. The van der Waals surface area contributed by atoms with Crippen molar-refractivity contribution in [1.82, 2.24) is 9.88 Å². The lowest BCUT2D eigenvalue weighted by molar-refractivity contribution is 0.246. The van der Waals surface area contributed by atoms with Crippen LogP contribution in [0.2, 0.25) is 0 Å². The fourth-order valence-corrected chi connectivity index (χ4v) is 2.08. The highest BCUT2D eigenvalue weighted by Crippen LogP contribution is 2.19. The van der Waals surface area contributed by atoms with E-state index in [0.717, 1.165) is 24.5 Å². The summed E-state index contributed by atoms with van der Waals surface area (Å²) < 4.78 is 5.79. The summed E-state index contributed by atoms with van der Waals surface area (Å²) in [4.78, 5) is 6.40. The molecule has 1 fully saturated rings. The van der Waals surface area contributed by atoms with Gasteiger partial charge >= 0.3 is 0 Å². The Hall–Kier alpha value is -1.13. The molecule has 0 aromatic carbocycles. The standard InChI is InChI=1S/C12H19N3O/c1-15-5-3-10(8-15)9-16-12-7-14-4-2-11(12)6-13/h2,4,7,10H,3,5-6,8-9,13H2,1H3/t10-/m1/s1. The van der Waals surface area contributed by atoms with Crippen molar-refractivity contribution < 1.29 is 4.74 Å². The minimum absolute atomic E-state index is 0.502. The summed E-state index contributed by atoms with van der Waals surface area (Å²) >= 11 is 0. The second-order valence-corrected chi connectivity index (χ2v) is 4.42. The predicted octanol–water partition coefficient (Wildman–Crippen LogP) is 0.871. The summed E-state index contributed by atoms with van der Waals surface area (Å²) in [5.41, 5.74) is 6.67. The molecule has 4 heteroatoms. The van der Waals surface area contributed by atoms with E-state index in [2.05, 4.69) is 16.9 Å². The Morgan fingerprint density at radius 2 is 2.50 bits per heavy atom. The molecular weight excluding hydrogens is 202 g/mol. The molecule has 0 bridgehead atoms. The van der Waals surface area contributed by atoms with Crippen molar-refractivity contribution in [2.45, 2.75) is 13.0 Å². The van der Waals surface area contributed by atoms with Crippen LogP contribution in [0, 0.1) is 5.92 Å². The van der Waals surface area contributed by atoms with Crippen LogP contribution < -0.4 is 10.5 Å². The summed E-state index contributed by atoms with van der Waals surface area (Å²) in [7, 11) is 2.15. The highest BCUT2D eigenvalue weighted by atomic mass is 16.5. The fraction of sp³-hybridized carbons (Fsp3) is 0.583. The van der Waals surface area contributed by atoms with E-state index in [0.29, 0.717) is 12.5 Å². The first kappa shape index (κ1) is 11.4. The number of nitrogens with zero attached hydrogens (tertiary/aromatic N) is 2. The topological polar surface area (TPSA) is 51.4 Å². The van der Waals surface area contributed by atoms with Crippen LogP contribution in [-0.2, 0) is 6.54 Å². The Kier molecular flexibility index (Phi) is 3.74.